The number of hydrogen-bond acceptors (Lipinski definition) is 8. The summed E-state index contributed by atoms with van der Waals surface area (Å²) in [5.41, 5.74) is 3.18. The molecule has 2 heterocycles. The Hall–Kier alpha value is -3.98. The third kappa shape index (κ3) is 4.63. The van der Waals surface area contributed by atoms with Crippen molar-refractivity contribution in [2.75, 3.05) is 6.54 Å². The van der Waals surface area contributed by atoms with Crippen LogP contribution in [0.5, 0.6) is 11.6 Å². The molecular formula is C22H18N4O6S. The number of nitrogens with one attached hydrogen (secondary N) is 1. The number of ether oxygens (including phenoxy) is 2. The molecule has 0 saturated carbocycles. The number of hydrogen-bond donors (Lipinski definition) is 2. The normalized spacial score (nSPS) is 15.7. The smallest absolute Gasteiger partial charge is 0.432 e. The standard InChI is InChI=1S/C22H18N4O6S/c23-13-15-5-7-17(8-6-15)31-20-10-9-18(14-24-20)33(29,30)26-12-11-16-3-1-2-4-19(16)21(26)32-22(27)25-28/h1-10,14,21,28H,11-12H2,(H,25,27). The first-order chi connectivity index (χ1) is 15.9. The summed E-state index contributed by atoms with van der Waals surface area (Å²) in [6.07, 6.45) is -0.871. The molecule has 10 nitrogen and oxygen atoms in total. The minimum absolute atomic E-state index is 0.0617. The minimum atomic E-state index is -4.11. The van der Waals surface area contributed by atoms with Gasteiger partial charge in [-0.25, -0.2) is 23.7 Å². The number of nitriles is 1. The van der Waals surface area contributed by atoms with Gasteiger partial charge in [0.25, 0.3) is 0 Å². The van der Waals surface area contributed by atoms with E-state index in [4.69, 9.17) is 19.9 Å². The zero-order valence-corrected chi connectivity index (χ0v) is 17.9. The van der Waals surface area contributed by atoms with E-state index in [0.717, 1.165) is 16.1 Å². The first-order valence-corrected chi connectivity index (χ1v) is 11.2. The van der Waals surface area contributed by atoms with Gasteiger partial charge in [0, 0.05) is 18.2 Å². The summed E-state index contributed by atoms with van der Waals surface area (Å²) in [6.45, 7) is 0.0617. The first kappa shape index (κ1) is 22.2. The molecule has 1 unspecified atom stereocenters. The van der Waals surface area contributed by atoms with Gasteiger partial charge in [-0.1, -0.05) is 24.3 Å². The van der Waals surface area contributed by atoms with Crippen molar-refractivity contribution in [3.05, 3.63) is 83.6 Å². The number of sulfonamides is 1. The molecule has 1 atom stereocenters. The summed E-state index contributed by atoms with van der Waals surface area (Å²) in [7, 11) is -4.11. The summed E-state index contributed by atoms with van der Waals surface area (Å²) in [6, 6.07) is 18.1. The molecule has 1 amide bonds. The highest BCUT2D eigenvalue weighted by Gasteiger charge is 2.39. The van der Waals surface area contributed by atoms with E-state index in [1.165, 1.54) is 17.6 Å². The van der Waals surface area contributed by atoms with Crippen molar-refractivity contribution in [2.45, 2.75) is 17.5 Å². The highest BCUT2D eigenvalue weighted by atomic mass is 32.2. The molecular weight excluding hydrogens is 448 g/mol. The highest BCUT2D eigenvalue weighted by Crippen LogP contribution is 2.35. The Labute approximate surface area is 189 Å². The second kappa shape index (κ2) is 9.25. The minimum Gasteiger partial charge on any atom is -0.439 e. The maximum atomic E-state index is 13.4. The summed E-state index contributed by atoms with van der Waals surface area (Å²) in [4.78, 5) is 15.7. The lowest BCUT2D eigenvalue weighted by Crippen LogP contribution is -2.43. The summed E-state index contributed by atoms with van der Waals surface area (Å²) in [5, 5.41) is 17.7. The molecule has 0 saturated heterocycles. The molecule has 2 N–H and O–H groups in total. The Morgan fingerprint density at radius 1 is 1.15 bits per heavy atom. The predicted octanol–water partition coefficient (Wildman–Crippen LogP) is 3.11. The lowest BCUT2D eigenvalue weighted by atomic mass is 10.00. The van der Waals surface area contributed by atoms with Crippen LogP contribution in [0, 0.1) is 11.3 Å². The molecule has 0 aliphatic carbocycles. The number of carbonyl (C=O) groups is 1. The van der Waals surface area contributed by atoms with Gasteiger partial charge in [0.1, 0.15) is 10.6 Å². The summed E-state index contributed by atoms with van der Waals surface area (Å²) < 4.78 is 38.5. The van der Waals surface area contributed by atoms with Gasteiger partial charge in [-0.05, 0) is 42.3 Å². The van der Waals surface area contributed by atoms with Crippen molar-refractivity contribution in [3.63, 3.8) is 0 Å². The van der Waals surface area contributed by atoms with Crippen LogP contribution >= 0.6 is 0 Å². The van der Waals surface area contributed by atoms with E-state index >= 15 is 0 Å². The molecule has 0 spiro atoms. The van der Waals surface area contributed by atoms with Gasteiger partial charge in [-0.15, -0.1) is 0 Å². The molecule has 0 fully saturated rings. The number of benzene rings is 2. The van der Waals surface area contributed by atoms with Crippen molar-refractivity contribution in [1.82, 2.24) is 14.8 Å². The monoisotopic (exact) mass is 466 g/mol. The van der Waals surface area contributed by atoms with Crippen molar-refractivity contribution in [2.24, 2.45) is 0 Å². The number of fused-ring (bicyclic) bond motifs is 1. The van der Waals surface area contributed by atoms with Crippen molar-refractivity contribution in [1.29, 1.82) is 5.26 Å². The predicted molar refractivity (Wildman–Crippen MR) is 114 cm³/mol. The molecule has 0 radical (unpaired) electrons. The van der Waals surface area contributed by atoms with E-state index in [-0.39, 0.29) is 17.3 Å². The number of hydroxylamine groups is 1. The second-order valence-corrected chi connectivity index (χ2v) is 8.89. The van der Waals surface area contributed by atoms with Crippen molar-refractivity contribution >= 4 is 16.1 Å². The van der Waals surface area contributed by atoms with Crippen LogP contribution in [0.2, 0.25) is 0 Å². The van der Waals surface area contributed by atoms with E-state index in [0.29, 0.717) is 23.3 Å². The van der Waals surface area contributed by atoms with Gasteiger partial charge in [-0.3, -0.25) is 5.21 Å². The lowest BCUT2D eigenvalue weighted by molar-refractivity contribution is 0.00235. The van der Waals surface area contributed by atoms with Crippen LogP contribution < -0.4 is 10.2 Å². The molecule has 3 aromatic rings. The topological polar surface area (TPSA) is 142 Å². The van der Waals surface area contributed by atoms with Gasteiger partial charge >= 0.3 is 6.09 Å². The Morgan fingerprint density at radius 3 is 2.58 bits per heavy atom. The Balaban J connectivity index is 1.59. The molecule has 168 valence electrons. The molecule has 1 aromatic heterocycles. The Bertz CT molecular complexity index is 1300. The summed E-state index contributed by atoms with van der Waals surface area (Å²) in [5.74, 6) is 0.600. The third-order valence-electron chi connectivity index (χ3n) is 5.02. The number of carbonyl (C=O) groups excluding carboxylic acids is 1. The molecule has 1 aliphatic rings. The van der Waals surface area contributed by atoms with Crippen LogP contribution in [-0.4, -0.2) is 35.6 Å². The van der Waals surface area contributed by atoms with E-state index in [9.17, 15) is 13.2 Å². The molecule has 0 bridgehead atoms. The quantitative estimate of drug-likeness (QED) is 0.431. The zero-order valence-electron chi connectivity index (χ0n) is 17.1. The molecule has 4 rings (SSSR count). The maximum absolute atomic E-state index is 13.4. The van der Waals surface area contributed by atoms with Gasteiger partial charge in [-0.2, -0.15) is 9.57 Å². The first-order valence-electron chi connectivity index (χ1n) is 9.77. The van der Waals surface area contributed by atoms with Crippen LogP contribution in [0.25, 0.3) is 0 Å². The van der Waals surface area contributed by atoms with Gasteiger partial charge < -0.3 is 9.47 Å². The highest BCUT2D eigenvalue weighted by molar-refractivity contribution is 7.89. The number of nitrogens with zero attached hydrogens (tertiary/aromatic N) is 3. The third-order valence-corrected chi connectivity index (χ3v) is 6.84. The number of pyridine rings is 1. The van der Waals surface area contributed by atoms with Crippen LogP contribution in [0.3, 0.4) is 0 Å². The van der Waals surface area contributed by atoms with Crippen molar-refractivity contribution < 1.29 is 27.9 Å². The average molecular weight is 466 g/mol. The Morgan fingerprint density at radius 2 is 1.91 bits per heavy atom. The van der Waals surface area contributed by atoms with Crippen LogP contribution in [0.1, 0.15) is 22.9 Å². The van der Waals surface area contributed by atoms with Crippen LogP contribution in [0.4, 0.5) is 4.79 Å². The van der Waals surface area contributed by atoms with Gasteiger partial charge in [0.2, 0.25) is 15.9 Å². The fraction of sp³-hybridized carbons (Fsp3) is 0.136. The SMILES string of the molecule is N#Cc1ccc(Oc2ccc(S(=O)(=O)N3CCc4ccccc4C3OC(=O)NO)cn2)cc1. The fourth-order valence-electron chi connectivity index (χ4n) is 3.44. The number of aromatic nitrogens is 1. The Kier molecular flexibility index (Phi) is 6.23. The summed E-state index contributed by atoms with van der Waals surface area (Å²) >= 11 is 0. The van der Waals surface area contributed by atoms with E-state index < -0.39 is 22.3 Å². The van der Waals surface area contributed by atoms with Crippen LogP contribution in [-0.2, 0) is 21.2 Å². The van der Waals surface area contributed by atoms with E-state index in [1.54, 1.807) is 36.4 Å². The number of amides is 1. The fourth-order valence-corrected chi connectivity index (χ4v) is 4.87. The maximum Gasteiger partial charge on any atom is 0.432 e. The van der Waals surface area contributed by atoms with Crippen LogP contribution in [0.15, 0.2) is 71.8 Å². The van der Waals surface area contributed by atoms with E-state index in [1.807, 2.05) is 18.2 Å². The molecule has 1 aliphatic heterocycles. The van der Waals surface area contributed by atoms with Gasteiger partial charge in [0.15, 0.2) is 6.23 Å². The van der Waals surface area contributed by atoms with Crippen molar-refractivity contribution in [3.8, 4) is 17.7 Å². The zero-order chi connectivity index (χ0) is 23.4. The number of rotatable bonds is 5. The average Bonchev–Trinajstić information content (AvgIpc) is 2.85. The lowest BCUT2D eigenvalue weighted by Gasteiger charge is -2.35. The molecule has 33 heavy (non-hydrogen) atoms. The second-order valence-electron chi connectivity index (χ2n) is 7.00. The largest absolute Gasteiger partial charge is 0.439 e. The van der Waals surface area contributed by atoms with Gasteiger partial charge in [0.05, 0.1) is 17.8 Å². The van der Waals surface area contributed by atoms with E-state index in [2.05, 4.69) is 4.98 Å². The molecule has 2 aromatic carbocycles. The molecule has 11 heteroatoms.